The Kier molecular flexibility index (Phi) is 4.91. The molecule has 7 heteroatoms. The Labute approximate surface area is 140 Å². The van der Waals surface area contributed by atoms with Gasteiger partial charge in [-0.15, -0.1) is 0 Å². The molecule has 1 fully saturated rings. The number of aryl methyl sites for hydroxylation is 1. The third-order valence-electron chi connectivity index (χ3n) is 3.92. The number of anilines is 1. The Morgan fingerprint density at radius 3 is 2.62 bits per heavy atom. The third kappa shape index (κ3) is 3.72. The van der Waals surface area contributed by atoms with Gasteiger partial charge in [-0.25, -0.2) is 9.18 Å². The topological polar surface area (TPSA) is 78.5 Å². The molecule has 1 aromatic rings. The molecule has 4 amide bonds. The molecular formula is C17H22FN3O3. The van der Waals surface area contributed by atoms with Gasteiger partial charge in [0.05, 0.1) is 0 Å². The van der Waals surface area contributed by atoms with Crippen LogP contribution in [0.25, 0.3) is 0 Å². The second kappa shape index (κ2) is 6.59. The molecule has 24 heavy (non-hydrogen) atoms. The number of nitrogens with one attached hydrogen (secondary N) is 2. The van der Waals surface area contributed by atoms with Crippen molar-refractivity contribution in [3.63, 3.8) is 0 Å². The van der Waals surface area contributed by atoms with E-state index in [9.17, 15) is 18.8 Å². The molecule has 0 aromatic heterocycles. The minimum atomic E-state index is -0.999. The molecule has 2 rings (SSSR count). The van der Waals surface area contributed by atoms with Crippen LogP contribution in [0.4, 0.5) is 14.9 Å². The number of amides is 4. The fraction of sp³-hybridized carbons (Fsp3) is 0.471. The summed E-state index contributed by atoms with van der Waals surface area (Å²) in [4.78, 5) is 37.5. The zero-order valence-electron chi connectivity index (χ0n) is 14.3. The van der Waals surface area contributed by atoms with Crippen LogP contribution in [-0.4, -0.2) is 34.8 Å². The second-order valence-corrected chi connectivity index (χ2v) is 6.76. The van der Waals surface area contributed by atoms with Crippen molar-refractivity contribution in [2.45, 2.75) is 39.7 Å². The van der Waals surface area contributed by atoms with Crippen LogP contribution in [0.5, 0.6) is 0 Å². The first-order valence-electron chi connectivity index (χ1n) is 7.82. The first-order chi connectivity index (χ1) is 11.1. The van der Waals surface area contributed by atoms with Crippen molar-refractivity contribution in [3.05, 3.63) is 29.6 Å². The molecule has 1 heterocycles. The molecule has 1 aliphatic rings. The van der Waals surface area contributed by atoms with Gasteiger partial charge in [0.25, 0.3) is 5.91 Å². The molecule has 1 aliphatic heterocycles. The summed E-state index contributed by atoms with van der Waals surface area (Å²) in [6.45, 7) is 6.76. The first-order valence-corrected chi connectivity index (χ1v) is 7.82. The number of benzene rings is 1. The average molecular weight is 335 g/mol. The summed E-state index contributed by atoms with van der Waals surface area (Å²) < 4.78 is 13.5. The fourth-order valence-electron chi connectivity index (χ4n) is 2.86. The van der Waals surface area contributed by atoms with Crippen LogP contribution in [0.2, 0.25) is 0 Å². The molecule has 1 aromatic carbocycles. The van der Waals surface area contributed by atoms with Gasteiger partial charge in [0.1, 0.15) is 17.9 Å². The van der Waals surface area contributed by atoms with Crippen LogP contribution in [0.3, 0.4) is 0 Å². The molecule has 0 radical (unpaired) electrons. The molecule has 0 unspecified atom stereocenters. The van der Waals surface area contributed by atoms with Gasteiger partial charge in [-0.2, -0.15) is 0 Å². The molecular weight excluding hydrogens is 313 g/mol. The Morgan fingerprint density at radius 2 is 2.04 bits per heavy atom. The van der Waals surface area contributed by atoms with Crippen molar-refractivity contribution < 1.29 is 18.8 Å². The van der Waals surface area contributed by atoms with Gasteiger partial charge in [0.15, 0.2) is 0 Å². The lowest BCUT2D eigenvalue weighted by molar-refractivity contribution is -0.133. The maximum Gasteiger partial charge on any atom is 0.325 e. The molecule has 1 atom stereocenters. The highest BCUT2D eigenvalue weighted by Gasteiger charge is 2.48. The highest BCUT2D eigenvalue weighted by atomic mass is 19.1. The van der Waals surface area contributed by atoms with Crippen molar-refractivity contribution >= 4 is 23.5 Å². The number of imide groups is 1. The third-order valence-corrected chi connectivity index (χ3v) is 3.92. The smallest absolute Gasteiger partial charge is 0.324 e. The summed E-state index contributed by atoms with van der Waals surface area (Å²) in [6.07, 6.45) is 0.485. The van der Waals surface area contributed by atoms with Crippen LogP contribution < -0.4 is 10.6 Å². The Balaban J connectivity index is 2.04. The van der Waals surface area contributed by atoms with E-state index >= 15 is 0 Å². The number of carbonyl (C=O) groups excluding carboxylic acids is 3. The summed E-state index contributed by atoms with van der Waals surface area (Å²) in [6, 6.07) is 3.71. The van der Waals surface area contributed by atoms with E-state index in [-0.39, 0.29) is 11.6 Å². The van der Waals surface area contributed by atoms with E-state index in [0.717, 1.165) is 4.90 Å². The highest BCUT2D eigenvalue weighted by Crippen LogP contribution is 2.25. The zero-order chi connectivity index (χ0) is 18.1. The summed E-state index contributed by atoms with van der Waals surface area (Å²) >= 11 is 0. The van der Waals surface area contributed by atoms with Crippen molar-refractivity contribution in [1.29, 1.82) is 0 Å². The van der Waals surface area contributed by atoms with E-state index in [1.807, 2.05) is 13.8 Å². The minimum absolute atomic E-state index is 0.212. The van der Waals surface area contributed by atoms with Gasteiger partial charge < -0.3 is 10.6 Å². The van der Waals surface area contributed by atoms with E-state index in [1.54, 1.807) is 26.0 Å². The SMILES string of the molecule is Cc1ccc(NC(=O)CN2C(=O)N[C@@](C)(CC(C)C)C2=O)cc1F. The normalized spacial score (nSPS) is 20.5. The van der Waals surface area contributed by atoms with Gasteiger partial charge in [-0.3, -0.25) is 14.5 Å². The van der Waals surface area contributed by atoms with Crippen LogP contribution in [0, 0.1) is 18.7 Å². The van der Waals surface area contributed by atoms with E-state index in [0.29, 0.717) is 12.0 Å². The maximum atomic E-state index is 13.5. The first kappa shape index (κ1) is 17.9. The van der Waals surface area contributed by atoms with Gasteiger partial charge in [0.2, 0.25) is 5.91 Å². The number of urea groups is 1. The number of hydrogen-bond donors (Lipinski definition) is 2. The van der Waals surface area contributed by atoms with Gasteiger partial charge in [0, 0.05) is 5.69 Å². The average Bonchev–Trinajstić information content (AvgIpc) is 2.65. The number of nitrogens with zero attached hydrogens (tertiary/aromatic N) is 1. The number of hydrogen-bond acceptors (Lipinski definition) is 3. The van der Waals surface area contributed by atoms with E-state index in [2.05, 4.69) is 10.6 Å². The van der Waals surface area contributed by atoms with Gasteiger partial charge in [-0.1, -0.05) is 19.9 Å². The van der Waals surface area contributed by atoms with E-state index in [1.165, 1.54) is 6.07 Å². The quantitative estimate of drug-likeness (QED) is 0.811. The number of rotatable bonds is 5. The Morgan fingerprint density at radius 1 is 1.38 bits per heavy atom. The summed E-state index contributed by atoms with van der Waals surface area (Å²) in [5, 5.41) is 5.14. The fourth-order valence-corrected chi connectivity index (χ4v) is 2.86. The number of halogens is 1. The predicted octanol–water partition coefficient (Wildman–Crippen LogP) is 2.43. The minimum Gasteiger partial charge on any atom is -0.324 e. The van der Waals surface area contributed by atoms with Crippen molar-refractivity contribution in [1.82, 2.24) is 10.2 Å². The molecule has 130 valence electrons. The molecule has 1 saturated heterocycles. The van der Waals surface area contributed by atoms with E-state index < -0.39 is 35.7 Å². The summed E-state index contributed by atoms with van der Waals surface area (Å²) in [7, 11) is 0. The number of carbonyl (C=O) groups is 3. The van der Waals surface area contributed by atoms with Gasteiger partial charge in [-0.05, 0) is 43.9 Å². The zero-order valence-corrected chi connectivity index (χ0v) is 14.3. The van der Waals surface area contributed by atoms with Crippen molar-refractivity contribution in [2.24, 2.45) is 5.92 Å². The molecule has 2 N–H and O–H groups in total. The van der Waals surface area contributed by atoms with Crippen LogP contribution in [-0.2, 0) is 9.59 Å². The monoisotopic (exact) mass is 335 g/mol. The van der Waals surface area contributed by atoms with Crippen LogP contribution >= 0.6 is 0 Å². The summed E-state index contributed by atoms with van der Waals surface area (Å²) in [5.74, 6) is -1.21. The lowest BCUT2D eigenvalue weighted by atomic mass is 9.91. The van der Waals surface area contributed by atoms with Crippen LogP contribution in [0.15, 0.2) is 18.2 Å². The lowest BCUT2D eigenvalue weighted by Gasteiger charge is -2.23. The van der Waals surface area contributed by atoms with Crippen molar-refractivity contribution in [3.8, 4) is 0 Å². The Bertz CT molecular complexity index is 690. The second-order valence-electron chi connectivity index (χ2n) is 6.76. The molecule has 0 aliphatic carbocycles. The molecule has 0 saturated carbocycles. The standard InChI is InChI=1S/C17H22FN3O3/c1-10(2)8-17(4)15(23)21(16(24)20-17)9-14(22)19-12-6-5-11(3)13(18)7-12/h5-7,10H,8-9H2,1-4H3,(H,19,22)(H,20,24)/t17-/m0/s1. The van der Waals surface area contributed by atoms with E-state index in [4.69, 9.17) is 0 Å². The maximum absolute atomic E-state index is 13.5. The Hall–Kier alpha value is -2.44. The molecule has 6 nitrogen and oxygen atoms in total. The molecule has 0 spiro atoms. The van der Waals surface area contributed by atoms with Crippen LogP contribution in [0.1, 0.15) is 32.8 Å². The highest BCUT2D eigenvalue weighted by molar-refractivity contribution is 6.09. The molecule has 0 bridgehead atoms. The predicted molar refractivity (Wildman–Crippen MR) is 87.9 cm³/mol. The lowest BCUT2D eigenvalue weighted by Crippen LogP contribution is -2.45. The summed E-state index contributed by atoms with van der Waals surface area (Å²) in [5.41, 5.74) is -0.256. The largest absolute Gasteiger partial charge is 0.325 e. The van der Waals surface area contributed by atoms with Crippen molar-refractivity contribution in [2.75, 3.05) is 11.9 Å². The van der Waals surface area contributed by atoms with Gasteiger partial charge >= 0.3 is 6.03 Å².